The molecule has 3 rings (SSSR count). The van der Waals surface area contributed by atoms with Gasteiger partial charge in [-0.25, -0.2) is 0 Å². The highest BCUT2D eigenvalue weighted by atomic mass is 35.5. The number of piperazine rings is 1. The first-order valence-corrected chi connectivity index (χ1v) is 9.92. The van der Waals surface area contributed by atoms with Crippen LogP contribution in [0.15, 0.2) is 36.4 Å². The molecule has 1 atom stereocenters. The number of hydrogen-bond acceptors (Lipinski definition) is 4. The Morgan fingerprint density at radius 3 is 2.52 bits per heavy atom. The van der Waals surface area contributed by atoms with Gasteiger partial charge >= 0.3 is 0 Å². The van der Waals surface area contributed by atoms with E-state index in [4.69, 9.17) is 16.3 Å². The second-order valence-electron chi connectivity index (χ2n) is 7.44. The van der Waals surface area contributed by atoms with Crippen molar-refractivity contribution in [3.05, 3.63) is 58.1 Å². The number of anilines is 1. The third kappa shape index (κ3) is 5.38. The SMILES string of the molecule is Cc1cc(C)c(C)c(OCC(O)CN2CCN(c3cccc(Cl)c3)CC2)c1. The van der Waals surface area contributed by atoms with Crippen LogP contribution in [0.5, 0.6) is 5.75 Å². The van der Waals surface area contributed by atoms with Crippen molar-refractivity contribution in [2.24, 2.45) is 0 Å². The molecule has 1 aliphatic heterocycles. The molecule has 1 saturated heterocycles. The van der Waals surface area contributed by atoms with Crippen LogP contribution in [0, 0.1) is 20.8 Å². The Hall–Kier alpha value is -1.75. The lowest BCUT2D eigenvalue weighted by molar-refractivity contribution is 0.0660. The molecular formula is C22H29ClN2O2. The summed E-state index contributed by atoms with van der Waals surface area (Å²) in [5, 5.41) is 11.2. The summed E-state index contributed by atoms with van der Waals surface area (Å²) in [5.74, 6) is 0.873. The molecule has 0 saturated carbocycles. The molecule has 1 heterocycles. The molecule has 146 valence electrons. The zero-order valence-corrected chi connectivity index (χ0v) is 17.2. The standard InChI is InChI=1S/C22H29ClN2O2/c1-16-11-17(2)18(3)22(12-16)27-15-21(26)14-24-7-9-25(10-8-24)20-6-4-5-19(23)13-20/h4-6,11-13,21,26H,7-10,14-15H2,1-3H3. The van der Waals surface area contributed by atoms with E-state index in [9.17, 15) is 5.11 Å². The molecule has 1 N–H and O–H groups in total. The molecule has 0 amide bonds. The maximum atomic E-state index is 10.4. The molecule has 1 fully saturated rings. The normalized spacial score (nSPS) is 16.4. The van der Waals surface area contributed by atoms with Crippen LogP contribution in [0.2, 0.25) is 5.02 Å². The van der Waals surface area contributed by atoms with Crippen molar-refractivity contribution in [3.8, 4) is 5.75 Å². The van der Waals surface area contributed by atoms with Crippen molar-refractivity contribution in [3.63, 3.8) is 0 Å². The quantitative estimate of drug-likeness (QED) is 0.815. The highest BCUT2D eigenvalue weighted by molar-refractivity contribution is 6.30. The van der Waals surface area contributed by atoms with Gasteiger partial charge < -0.3 is 14.7 Å². The van der Waals surface area contributed by atoms with Crippen LogP contribution >= 0.6 is 11.6 Å². The predicted octanol–water partition coefficient (Wildman–Crippen LogP) is 3.83. The molecule has 4 nitrogen and oxygen atoms in total. The second-order valence-corrected chi connectivity index (χ2v) is 7.87. The Balaban J connectivity index is 1.46. The predicted molar refractivity (Wildman–Crippen MR) is 112 cm³/mol. The van der Waals surface area contributed by atoms with Gasteiger partial charge in [-0.1, -0.05) is 23.7 Å². The lowest BCUT2D eigenvalue weighted by Crippen LogP contribution is -2.49. The molecule has 0 radical (unpaired) electrons. The van der Waals surface area contributed by atoms with E-state index in [2.05, 4.69) is 42.7 Å². The largest absolute Gasteiger partial charge is 0.491 e. The summed E-state index contributed by atoms with van der Waals surface area (Å²) in [6.45, 7) is 10.9. The summed E-state index contributed by atoms with van der Waals surface area (Å²) in [6, 6.07) is 12.2. The second kappa shape index (κ2) is 8.96. The average molecular weight is 389 g/mol. The fraction of sp³-hybridized carbons (Fsp3) is 0.455. The topological polar surface area (TPSA) is 35.9 Å². The van der Waals surface area contributed by atoms with Crippen LogP contribution in [-0.4, -0.2) is 55.4 Å². The van der Waals surface area contributed by atoms with Gasteiger partial charge in [-0.05, 0) is 61.7 Å². The van der Waals surface area contributed by atoms with Gasteiger partial charge in [0.05, 0.1) is 0 Å². The molecule has 0 aromatic heterocycles. The highest BCUT2D eigenvalue weighted by Gasteiger charge is 2.20. The highest BCUT2D eigenvalue weighted by Crippen LogP contribution is 2.24. The van der Waals surface area contributed by atoms with Gasteiger partial charge in [-0.2, -0.15) is 0 Å². The van der Waals surface area contributed by atoms with Crippen LogP contribution in [0.4, 0.5) is 5.69 Å². The maximum Gasteiger partial charge on any atom is 0.122 e. The van der Waals surface area contributed by atoms with E-state index in [1.54, 1.807) is 0 Å². The Labute approximate surface area is 167 Å². The van der Waals surface area contributed by atoms with Crippen molar-refractivity contribution >= 4 is 17.3 Å². The molecule has 5 heteroatoms. The minimum absolute atomic E-state index is 0.318. The zero-order valence-electron chi connectivity index (χ0n) is 16.4. The molecule has 2 aromatic carbocycles. The van der Waals surface area contributed by atoms with Gasteiger partial charge in [0.2, 0.25) is 0 Å². The summed E-state index contributed by atoms with van der Waals surface area (Å²) in [5.41, 5.74) is 4.70. The number of hydrogen-bond donors (Lipinski definition) is 1. The smallest absolute Gasteiger partial charge is 0.122 e. The molecule has 0 spiro atoms. The summed E-state index contributed by atoms with van der Waals surface area (Å²) in [6.07, 6.45) is -0.497. The average Bonchev–Trinajstić information content (AvgIpc) is 2.64. The molecule has 1 aliphatic rings. The van der Waals surface area contributed by atoms with Gasteiger partial charge in [0, 0.05) is 43.4 Å². The first kappa shape index (κ1) is 20.0. The third-order valence-corrected chi connectivity index (χ3v) is 5.44. The summed E-state index contributed by atoms with van der Waals surface area (Å²) in [7, 11) is 0. The third-order valence-electron chi connectivity index (χ3n) is 5.21. The number of aliphatic hydroxyl groups is 1. The van der Waals surface area contributed by atoms with Crippen molar-refractivity contribution in [2.45, 2.75) is 26.9 Å². The van der Waals surface area contributed by atoms with Crippen LogP contribution in [0.3, 0.4) is 0 Å². The zero-order chi connectivity index (χ0) is 19.4. The van der Waals surface area contributed by atoms with E-state index in [0.717, 1.165) is 48.2 Å². The number of benzene rings is 2. The van der Waals surface area contributed by atoms with Crippen molar-refractivity contribution in [2.75, 3.05) is 44.2 Å². The summed E-state index contributed by atoms with van der Waals surface area (Å²) >= 11 is 6.09. The number of aliphatic hydroxyl groups excluding tert-OH is 1. The fourth-order valence-corrected chi connectivity index (χ4v) is 3.73. The first-order valence-electron chi connectivity index (χ1n) is 9.54. The van der Waals surface area contributed by atoms with E-state index in [1.807, 2.05) is 24.3 Å². The van der Waals surface area contributed by atoms with E-state index in [0.29, 0.717) is 13.2 Å². The maximum absolute atomic E-state index is 10.4. The molecule has 2 aromatic rings. The minimum atomic E-state index is -0.497. The van der Waals surface area contributed by atoms with Crippen molar-refractivity contribution < 1.29 is 9.84 Å². The number of rotatable bonds is 6. The van der Waals surface area contributed by atoms with E-state index in [1.165, 1.54) is 11.1 Å². The summed E-state index contributed by atoms with van der Waals surface area (Å²) < 4.78 is 5.90. The number of ether oxygens (including phenoxy) is 1. The Morgan fingerprint density at radius 1 is 1.07 bits per heavy atom. The van der Waals surface area contributed by atoms with Gasteiger partial charge in [-0.3, -0.25) is 4.90 Å². The van der Waals surface area contributed by atoms with Crippen molar-refractivity contribution in [1.29, 1.82) is 0 Å². The van der Waals surface area contributed by atoms with Gasteiger partial charge in [0.15, 0.2) is 0 Å². The van der Waals surface area contributed by atoms with Gasteiger partial charge in [0.1, 0.15) is 18.5 Å². The monoisotopic (exact) mass is 388 g/mol. The first-order chi connectivity index (χ1) is 12.9. The Kier molecular flexibility index (Phi) is 6.64. The van der Waals surface area contributed by atoms with Crippen LogP contribution in [0.25, 0.3) is 0 Å². The van der Waals surface area contributed by atoms with Crippen molar-refractivity contribution in [1.82, 2.24) is 4.90 Å². The molecule has 27 heavy (non-hydrogen) atoms. The van der Waals surface area contributed by atoms with E-state index >= 15 is 0 Å². The van der Waals surface area contributed by atoms with Gasteiger partial charge in [0.25, 0.3) is 0 Å². The van der Waals surface area contributed by atoms with E-state index < -0.39 is 6.10 Å². The van der Waals surface area contributed by atoms with E-state index in [-0.39, 0.29) is 0 Å². The molecule has 0 bridgehead atoms. The number of nitrogens with zero attached hydrogens (tertiary/aromatic N) is 2. The Bertz CT molecular complexity index is 773. The molecular weight excluding hydrogens is 360 g/mol. The Morgan fingerprint density at radius 2 is 1.81 bits per heavy atom. The van der Waals surface area contributed by atoms with Crippen LogP contribution in [0.1, 0.15) is 16.7 Å². The van der Waals surface area contributed by atoms with Crippen LogP contribution in [-0.2, 0) is 0 Å². The number of β-amino-alcohol motifs (C(OH)–C–C–N with tert-alkyl or cyclic N) is 1. The molecule has 0 aliphatic carbocycles. The summed E-state index contributed by atoms with van der Waals surface area (Å²) in [4.78, 5) is 4.63. The van der Waals surface area contributed by atoms with Crippen LogP contribution < -0.4 is 9.64 Å². The fourth-order valence-electron chi connectivity index (χ4n) is 3.55. The van der Waals surface area contributed by atoms with Gasteiger partial charge in [-0.15, -0.1) is 0 Å². The lowest BCUT2D eigenvalue weighted by atomic mass is 10.1. The minimum Gasteiger partial charge on any atom is -0.491 e. The number of halogens is 1. The lowest BCUT2D eigenvalue weighted by Gasteiger charge is -2.37. The molecule has 1 unspecified atom stereocenters. The number of aryl methyl sites for hydroxylation is 2.